The third kappa shape index (κ3) is 7.63. The number of ether oxygens (including phenoxy) is 4. The van der Waals surface area contributed by atoms with Crippen LogP contribution in [0.4, 0.5) is 16.3 Å². The normalized spacial score (nSPS) is 24.6. The lowest BCUT2D eigenvalue weighted by molar-refractivity contribution is -0.0903. The number of benzene rings is 1. The highest BCUT2D eigenvalue weighted by Gasteiger charge is 2.41. The van der Waals surface area contributed by atoms with Crippen molar-refractivity contribution in [1.82, 2.24) is 29.5 Å². The Morgan fingerprint density at radius 3 is 2.43 bits per heavy atom. The van der Waals surface area contributed by atoms with Crippen LogP contribution < -0.4 is 15.4 Å². The maximum absolute atomic E-state index is 12.4. The molecule has 2 N–H and O–H groups in total. The van der Waals surface area contributed by atoms with Gasteiger partial charge in [-0.15, -0.1) is 10.2 Å². The number of para-hydroxylation sites is 1. The second kappa shape index (κ2) is 14.1. The van der Waals surface area contributed by atoms with Crippen molar-refractivity contribution in [3.63, 3.8) is 0 Å². The van der Waals surface area contributed by atoms with Crippen molar-refractivity contribution in [3.8, 4) is 17.0 Å². The zero-order valence-electron chi connectivity index (χ0n) is 29.2. The van der Waals surface area contributed by atoms with Crippen LogP contribution in [0.25, 0.3) is 11.3 Å². The molecule has 13 nitrogen and oxygen atoms in total. The van der Waals surface area contributed by atoms with E-state index < -0.39 is 5.60 Å². The molecule has 3 aliphatic heterocycles. The Morgan fingerprint density at radius 2 is 1.71 bits per heavy atom. The Kier molecular flexibility index (Phi) is 9.67. The van der Waals surface area contributed by atoms with Crippen LogP contribution in [0.5, 0.6) is 5.75 Å². The zero-order chi connectivity index (χ0) is 34.1. The fraction of sp³-hybridized carbons (Fsp3) is 0.611. The molecule has 0 spiro atoms. The number of fused-ring (bicyclic) bond motifs is 2. The van der Waals surface area contributed by atoms with E-state index in [9.17, 15) is 4.79 Å². The molecule has 3 saturated heterocycles. The molecular formula is C36H50N8O5. The number of nitrogens with two attached hydrogens (primary N) is 1. The van der Waals surface area contributed by atoms with Crippen molar-refractivity contribution in [1.29, 1.82) is 0 Å². The average Bonchev–Trinajstić information content (AvgIpc) is 3.60. The molecule has 4 aliphatic rings. The van der Waals surface area contributed by atoms with Gasteiger partial charge >= 0.3 is 6.09 Å². The summed E-state index contributed by atoms with van der Waals surface area (Å²) in [5.74, 6) is 1.14. The first kappa shape index (κ1) is 33.6. The highest BCUT2D eigenvalue weighted by Crippen LogP contribution is 2.39. The molecule has 2 aromatic heterocycles. The Hall–Kier alpha value is -3.94. The number of carbonyl (C=O) groups is 1. The Balaban J connectivity index is 0.902. The highest BCUT2D eigenvalue weighted by atomic mass is 16.7. The molecule has 264 valence electrons. The van der Waals surface area contributed by atoms with Crippen LogP contribution in [0.2, 0.25) is 0 Å². The number of piperidine rings is 1. The maximum atomic E-state index is 12.4. The van der Waals surface area contributed by atoms with Gasteiger partial charge < -0.3 is 39.0 Å². The molecular weight excluding hydrogens is 624 g/mol. The summed E-state index contributed by atoms with van der Waals surface area (Å²) in [5, 5.41) is 8.75. The summed E-state index contributed by atoms with van der Waals surface area (Å²) < 4.78 is 25.1. The number of aromatic nitrogens is 4. The van der Waals surface area contributed by atoms with Crippen LogP contribution in [-0.4, -0.2) is 106 Å². The molecule has 5 heterocycles. The summed E-state index contributed by atoms with van der Waals surface area (Å²) in [5.41, 5.74) is 9.56. The Labute approximate surface area is 288 Å². The minimum Gasteiger partial charge on any atom is -0.467 e. The smallest absolute Gasteiger partial charge is 0.410 e. The summed E-state index contributed by atoms with van der Waals surface area (Å²) in [7, 11) is 1.60. The van der Waals surface area contributed by atoms with Gasteiger partial charge in [-0.25, -0.2) is 9.78 Å². The molecule has 0 radical (unpaired) electrons. The van der Waals surface area contributed by atoms with Crippen LogP contribution in [-0.2, 0) is 20.8 Å². The lowest BCUT2D eigenvalue weighted by atomic mass is 9.88. The molecule has 1 amide bonds. The number of likely N-dealkylation sites (tertiary alicyclic amines) is 1. The first-order valence-electron chi connectivity index (χ1n) is 17.6. The van der Waals surface area contributed by atoms with Crippen molar-refractivity contribution in [2.24, 2.45) is 0 Å². The largest absolute Gasteiger partial charge is 0.467 e. The number of hydrogen-bond donors (Lipinski definition) is 1. The van der Waals surface area contributed by atoms with Gasteiger partial charge in [0, 0.05) is 69.7 Å². The van der Waals surface area contributed by atoms with Crippen LogP contribution in [0.3, 0.4) is 0 Å². The molecule has 13 heteroatoms. The van der Waals surface area contributed by atoms with Crippen LogP contribution in [0, 0.1) is 0 Å². The predicted octanol–water partition coefficient (Wildman–Crippen LogP) is 4.88. The van der Waals surface area contributed by atoms with E-state index in [4.69, 9.17) is 29.7 Å². The molecule has 1 aromatic carbocycles. The summed E-state index contributed by atoms with van der Waals surface area (Å²) >= 11 is 0. The zero-order valence-corrected chi connectivity index (χ0v) is 29.2. The standard InChI is InChI=1S/C36H50N8O5/c1-36(2,3)49-35(45)41-13-11-28(12-14-41)48-29-15-27(16-29)43-18-24(38-22-43)19-44-25-9-10-26(44)21-42(20-25)32-17-31(39-40-34(32)37)30-7-5-6-8-33(30)47-23-46-4/h5-8,17-18,22,25-29H,9-16,19-21,23H2,1-4H3,(H2,37,40)/t25-,26?,27?,29?/m1/s1. The topological polar surface area (TPSA) is 133 Å². The monoisotopic (exact) mass is 674 g/mol. The third-order valence-corrected chi connectivity index (χ3v) is 10.2. The fourth-order valence-electron chi connectivity index (χ4n) is 7.66. The minimum atomic E-state index is -0.471. The highest BCUT2D eigenvalue weighted by molar-refractivity contribution is 5.74. The number of nitrogen functional groups attached to an aromatic ring is 1. The number of rotatable bonds is 10. The molecule has 1 saturated carbocycles. The molecule has 1 aliphatic carbocycles. The number of amides is 1. The number of carbonyl (C=O) groups excluding carboxylic acids is 1. The van der Waals surface area contributed by atoms with Gasteiger partial charge in [0.1, 0.15) is 11.4 Å². The van der Waals surface area contributed by atoms with Crippen molar-refractivity contribution < 1.29 is 23.7 Å². The predicted molar refractivity (Wildman–Crippen MR) is 185 cm³/mol. The quantitative estimate of drug-likeness (QED) is 0.295. The first-order chi connectivity index (χ1) is 23.6. The van der Waals surface area contributed by atoms with Crippen molar-refractivity contribution in [2.75, 3.05) is 50.7 Å². The van der Waals surface area contributed by atoms with Crippen molar-refractivity contribution in [2.45, 2.75) is 102 Å². The summed E-state index contributed by atoms with van der Waals surface area (Å²) in [6.45, 7) is 9.84. The summed E-state index contributed by atoms with van der Waals surface area (Å²) in [4.78, 5) is 24.0. The molecule has 7 rings (SSSR count). The SMILES string of the molecule is COCOc1ccccc1-c1cc(N2CC3CC[C@H](C2)N3Cc2cn(C3CC(OC4CCN(C(=O)OC(C)(C)C)CC4)C3)cn2)c(N)nn1. The van der Waals surface area contributed by atoms with E-state index in [0.29, 0.717) is 42.8 Å². The van der Waals surface area contributed by atoms with Gasteiger partial charge in [-0.2, -0.15) is 0 Å². The minimum absolute atomic E-state index is 0.158. The number of nitrogens with zero attached hydrogens (tertiary/aromatic N) is 7. The number of imidazole rings is 1. The van der Waals surface area contributed by atoms with E-state index in [0.717, 1.165) is 80.8 Å². The lowest BCUT2D eigenvalue weighted by Crippen LogP contribution is -2.53. The van der Waals surface area contributed by atoms with Gasteiger partial charge in [-0.3, -0.25) is 4.90 Å². The molecule has 2 atom stereocenters. The van der Waals surface area contributed by atoms with Crippen molar-refractivity contribution in [3.05, 3.63) is 48.5 Å². The second-order valence-electron chi connectivity index (χ2n) is 14.9. The van der Waals surface area contributed by atoms with Crippen molar-refractivity contribution >= 4 is 17.6 Å². The van der Waals surface area contributed by atoms with Gasteiger partial charge in [-0.1, -0.05) is 12.1 Å². The van der Waals surface area contributed by atoms with Gasteiger partial charge in [0.25, 0.3) is 0 Å². The lowest BCUT2D eigenvalue weighted by Gasteiger charge is -2.42. The maximum Gasteiger partial charge on any atom is 0.410 e. The van der Waals surface area contributed by atoms with Gasteiger partial charge in [0.15, 0.2) is 12.6 Å². The Bertz CT molecular complexity index is 1580. The number of anilines is 2. The molecule has 49 heavy (non-hydrogen) atoms. The van der Waals surface area contributed by atoms with Gasteiger partial charge in [-0.05, 0) is 77.5 Å². The number of piperazine rings is 1. The first-order valence-corrected chi connectivity index (χ1v) is 17.6. The van der Waals surface area contributed by atoms with E-state index in [1.165, 1.54) is 0 Å². The molecule has 4 fully saturated rings. The molecule has 3 aromatic rings. The molecule has 2 bridgehead atoms. The van der Waals surface area contributed by atoms with E-state index >= 15 is 0 Å². The average molecular weight is 675 g/mol. The Morgan fingerprint density at radius 1 is 0.980 bits per heavy atom. The van der Waals surface area contributed by atoms with E-state index in [1.54, 1.807) is 12.0 Å². The third-order valence-electron chi connectivity index (χ3n) is 10.2. The molecule has 1 unspecified atom stereocenters. The van der Waals surface area contributed by atoms with Crippen LogP contribution in [0.1, 0.15) is 71.0 Å². The van der Waals surface area contributed by atoms with E-state index in [2.05, 4.69) is 30.8 Å². The van der Waals surface area contributed by atoms with Gasteiger partial charge in [0.05, 0.1) is 35.6 Å². The second-order valence-corrected chi connectivity index (χ2v) is 14.9. The number of hydrogen-bond acceptors (Lipinski definition) is 11. The fourth-order valence-corrected chi connectivity index (χ4v) is 7.66. The van der Waals surface area contributed by atoms with E-state index in [1.807, 2.05) is 57.4 Å². The summed E-state index contributed by atoms with van der Waals surface area (Å²) in [6.07, 6.45) is 10.5. The van der Waals surface area contributed by atoms with Crippen LogP contribution in [0.15, 0.2) is 42.9 Å². The van der Waals surface area contributed by atoms with Gasteiger partial charge in [0.2, 0.25) is 0 Å². The van der Waals surface area contributed by atoms with E-state index in [-0.39, 0.29) is 25.1 Å². The summed E-state index contributed by atoms with van der Waals surface area (Å²) in [6, 6.07) is 11.1. The van der Waals surface area contributed by atoms with Crippen LogP contribution >= 0.6 is 0 Å². The number of methoxy groups -OCH3 is 1.